The summed E-state index contributed by atoms with van der Waals surface area (Å²) in [4.78, 5) is 0. The fraction of sp³-hybridized carbons (Fsp3) is 0.333. The van der Waals surface area contributed by atoms with Gasteiger partial charge in [0.15, 0.2) is 0 Å². The molecule has 0 aromatic heterocycles. The smallest absolute Gasteiger partial charge is 0.404 e. The van der Waals surface area contributed by atoms with E-state index in [-0.39, 0.29) is 0 Å². The highest BCUT2D eigenvalue weighted by molar-refractivity contribution is 7.48. The van der Waals surface area contributed by atoms with E-state index >= 15 is 0 Å². The number of rotatable bonds is 4. The molecule has 0 heterocycles. The molecule has 0 spiro atoms. The maximum atomic E-state index is 13.0. The molecule has 0 saturated heterocycles. The summed E-state index contributed by atoms with van der Waals surface area (Å²) in [5.41, 5.74) is -1.53. The number of hydrogen-bond donors (Lipinski definition) is 0. The zero-order valence-electron chi connectivity index (χ0n) is 9.32. The number of hydrogen-bond acceptors (Lipinski definition) is 4. The topological polar surface area (TPSA) is 44.8 Å². The number of phosphoric acid groups is 1. The largest absolute Gasteiger partial charge is 0.529 e. The SMILES string of the molecule is COP(=O)(OC)Oc1ccc(F)c(C(F)(F)F)c1. The Bertz CT molecular complexity index is 466. The van der Waals surface area contributed by atoms with Crippen LogP contribution in [0.2, 0.25) is 0 Å². The van der Waals surface area contributed by atoms with Gasteiger partial charge in [-0.1, -0.05) is 0 Å². The second-order valence-electron chi connectivity index (χ2n) is 3.04. The van der Waals surface area contributed by atoms with Crippen LogP contribution in [0.15, 0.2) is 18.2 Å². The van der Waals surface area contributed by atoms with Gasteiger partial charge in [-0.05, 0) is 18.2 Å². The molecular formula is C9H9F4O4P. The Morgan fingerprint density at radius 1 is 1.17 bits per heavy atom. The number of alkyl halides is 3. The van der Waals surface area contributed by atoms with Crippen molar-refractivity contribution in [3.05, 3.63) is 29.6 Å². The van der Waals surface area contributed by atoms with Gasteiger partial charge in [-0.2, -0.15) is 13.2 Å². The average Bonchev–Trinajstić information content (AvgIpc) is 2.30. The first-order chi connectivity index (χ1) is 8.22. The lowest BCUT2D eigenvalue weighted by atomic mass is 10.2. The summed E-state index contributed by atoms with van der Waals surface area (Å²) in [6, 6.07) is 1.81. The molecule has 0 aliphatic carbocycles. The van der Waals surface area contributed by atoms with Crippen LogP contribution in [0.1, 0.15) is 5.56 Å². The van der Waals surface area contributed by atoms with Crippen molar-refractivity contribution in [2.24, 2.45) is 0 Å². The van der Waals surface area contributed by atoms with Gasteiger partial charge in [0.2, 0.25) is 0 Å². The molecule has 18 heavy (non-hydrogen) atoms. The van der Waals surface area contributed by atoms with E-state index < -0.39 is 31.1 Å². The van der Waals surface area contributed by atoms with Crippen molar-refractivity contribution in [2.45, 2.75) is 6.18 Å². The van der Waals surface area contributed by atoms with Crippen LogP contribution in [-0.4, -0.2) is 14.2 Å². The van der Waals surface area contributed by atoms with Crippen molar-refractivity contribution in [1.82, 2.24) is 0 Å². The molecule has 1 rings (SSSR count). The summed E-state index contributed by atoms with van der Waals surface area (Å²) >= 11 is 0. The van der Waals surface area contributed by atoms with Crippen molar-refractivity contribution in [3.8, 4) is 5.75 Å². The zero-order chi connectivity index (χ0) is 14.0. The molecule has 0 atom stereocenters. The lowest BCUT2D eigenvalue weighted by Crippen LogP contribution is -2.08. The van der Waals surface area contributed by atoms with E-state index in [2.05, 4.69) is 13.6 Å². The van der Waals surface area contributed by atoms with E-state index in [1.807, 2.05) is 0 Å². The first-order valence-corrected chi connectivity index (χ1v) is 5.96. The zero-order valence-corrected chi connectivity index (χ0v) is 10.2. The van der Waals surface area contributed by atoms with Gasteiger partial charge in [0, 0.05) is 14.2 Å². The predicted octanol–water partition coefficient (Wildman–Crippen LogP) is 3.62. The first-order valence-electron chi connectivity index (χ1n) is 4.49. The molecule has 0 bridgehead atoms. The highest BCUT2D eigenvalue weighted by Gasteiger charge is 2.35. The van der Waals surface area contributed by atoms with Gasteiger partial charge in [-0.3, -0.25) is 9.05 Å². The van der Waals surface area contributed by atoms with Crippen molar-refractivity contribution in [2.75, 3.05) is 14.2 Å². The van der Waals surface area contributed by atoms with E-state index in [0.29, 0.717) is 12.1 Å². The molecule has 9 heteroatoms. The second-order valence-corrected chi connectivity index (χ2v) is 4.85. The molecule has 0 radical (unpaired) electrons. The molecule has 0 unspecified atom stereocenters. The Morgan fingerprint density at radius 3 is 2.17 bits per heavy atom. The maximum Gasteiger partial charge on any atom is 0.529 e. The summed E-state index contributed by atoms with van der Waals surface area (Å²) in [5.74, 6) is -1.93. The quantitative estimate of drug-likeness (QED) is 0.627. The van der Waals surface area contributed by atoms with Crippen LogP contribution in [0.4, 0.5) is 17.6 Å². The second kappa shape index (κ2) is 5.26. The van der Waals surface area contributed by atoms with Crippen LogP contribution >= 0.6 is 7.82 Å². The van der Waals surface area contributed by atoms with Gasteiger partial charge in [-0.15, -0.1) is 0 Å². The Balaban J connectivity index is 3.10. The fourth-order valence-electron chi connectivity index (χ4n) is 1.06. The predicted molar refractivity (Wildman–Crippen MR) is 53.7 cm³/mol. The summed E-state index contributed by atoms with van der Waals surface area (Å²) in [7, 11) is -1.98. The van der Waals surface area contributed by atoms with Gasteiger partial charge in [0.05, 0.1) is 5.56 Å². The number of benzene rings is 1. The summed E-state index contributed by atoms with van der Waals surface area (Å²) in [6.45, 7) is 0. The van der Waals surface area contributed by atoms with Gasteiger partial charge in [-0.25, -0.2) is 8.96 Å². The van der Waals surface area contributed by atoms with E-state index in [1.165, 1.54) is 0 Å². The van der Waals surface area contributed by atoms with Crippen LogP contribution in [0.25, 0.3) is 0 Å². The molecule has 0 aliphatic heterocycles. The minimum atomic E-state index is -4.88. The molecule has 102 valence electrons. The van der Waals surface area contributed by atoms with Crippen LogP contribution in [0.5, 0.6) is 5.75 Å². The Hall–Kier alpha value is -1.11. The van der Waals surface area contributed by atoms with E-state index in [0.717, 1.165) is 20.3 Å². The van der Waals surface area contributed by atoms with E-state index in [9.17, 15) is 22.1 Å². The van der Waals surface area contributed by atoms with Crippen molar-refractivity contribution < 1.29 is 35.7 Å². The fourth-order valence-corrected chi connectivity index (χ4v) is 1.73. The van der Waals surface area contributed by atoms with Gasteiger partial charge in [0.1, 0.15) is 11.6 Å². The highest BCUT2D eigenvalue weighted by atomic mass is 31.2. The highest BCUT2D eigenvalue weighted by Crippen LogP contribution is 2.48. The Kier molecular flexibility index (Phi) is 4.37. The minimum absolute atomic E-state index is 0.375. The summed E-state index contributed by atoms with van der Waals surface area (Å²) < 4.78 is 75.1. The van der Waals surface area contributed by atoms with Crippen molar-refractivity contribution >= 4 is 7.82 Å². The lowest BCUT2D eigenvalue weighted by molar-refractivity contribution is -0.140. The van der Waals surface area contributed by atoms with Crippen molar-refractivity contribution in [1.29, 1.82) is 0 Å². The molecule has 1 aromatic rings. The Morgan fingerprint density at radius 2 is 1.72 bits per heavy atom. The van der Waals surface area contributed by atoms with E-state index in [1.54, 1.807) is 0 Å². The molecule has 0 amide bonds. The minimum Gasteiger partial charge on any atom is -0.404 e. The lowest BCUT2D eigenvalue weighted by Gasteiger charge is -2.15. The molecule has 0 saturated carbocycles. The first kappa shape index (κ1) is 14.9. The monoisotopic (exact) mass is 288 g/mol. The van der Waals surface area contributed by atoms with Crippen LogP contribution < -0.4 is 4.52 Å². The molecular weight excluding hydrogens is 279 g/mol. The Labute approximate surface area is 100 Å². The third kappa shape index (κ3) is 3.44. The number of halogens is 4. The molecule has 0 fully saturated rings. The van der Waals surface area contributed by atoms with Crippen LogP contribution in [0, 0.1) is 5.82 Å². The summed E-state index contributed by atoms with van der Waals surface area (Å²) in [5, 5.41) is 0. The average molecular weight is 288 g/mol. The normalized spacial score (nSPS) is 12.6. The maximum absolute atomic E-state index is 13.0. The molecule has 0 aliphatic rings. The summed E-state index contributed by atoms with van der Waals surface area (Å²) in [6.07, 6.45) is -4.88. The van der Waals surface area contributed by atoms with Gasteiger partial charge in [0.25, 0.3) is 0 Å². The van der Waals surface area contributed by atoms with Crippen LogP contribution in [-0.2, 0) is 19.8 Å². The van der Waals surface area contributed by atoms with Crippen LogP contribution in [0.3, 0.4) is 0 Å². The number of phosphoric ester groups is 1. The molecule has 1 aromatic carbocycles. The van der Waals surface area contributed by atoms with Crippen molar-refractivity contribution in [3.63, 3.8) is 0 Å². The third-order valence-corrected chi connectivity index (χ3v) is 3.24. The third-order valence-electron chi connectivity index (χ3n) is 1.91. The van der Waals surface area contributed by atoms with Gasteiger partial charge >= 0.3 is 14.0 Å². The standard InChI is InChI=1S/C9H9F4O4P/c1-15-18(14,16-2)17-6-3-4-8(10)7(5-6)9(11,12)13/h3-5H,1-2H3. The molecule has 4 nitrogen and oxygen atoms in total. The van der Waals surface area contributed by atoms with Gasteiger partial charge < -0.3 is 4.52 Å². The van der Waals surface area contributed by atoms with E-state index in [4.69, 9.17) is 0 Å². The molecule has 0 N–H and O–H groups in total.